The van der Waals surface area contributed by atoms with Crippen LogP contribution in [0.3, 0.4) is 0 Å². The molecule has 9 heteroatoms. The van der Waals surface area contributed by atoms with Gasteiger partial charge in [0.1, 0.15) is 23.5 Å². The van der Waals surface area contributed by atoms with Gasteiger partial charge in [0, 0.05) is 49.5 Å². The number of nitrogens with zero attached hydrogens (tertiary/aromatic N) is 7. The van der Waals surface area contributed by atoms with E-state index in [1.165, 1.54) is 5.56 Å². The minimum Gasteiger partial charge on any atom is -0.343 e. The molecule has 4 aromatic heterocycles. The molecule has 0 spiro atoms. The van der Waals surface area contributed by atoms with Crippen LogP contribution in [0.4, 0.5) is 5.82 Å². The first-order valence-electron chi connectivity index (χ1n) is 13.0. The number of hydrogen-bond donors (Lipinski definition) is 1. The fourth-order valence-electron chi connectivity index (χ4n) is 5.13. The predicted molar refractivity (Wildman–Crippen MR) is 147 cm³/mol. The van der Waals surface area contributed by atoms with E-state index in [1.54, 1.807) is 18.6 Å². The molecule has 0 bridgehead atoms. The van der Waals surface area contributed by atoms with Crippen molar-refractivity contribution in [2.45, 2.75) is 38.9 Å². The van der Waals surface area contributed by atoms with Crippen LogP contribution in [0, 0.1) is 0 Å². The Labute approximate surface area is 221 Å². The Hall–Kier alpha value is -4.37. The highest BCUT2D eigenvalue weighted by Crippen LogP contribution is 2.28. The molecule has 1 atom stereocenters. The van der Waals surface area contributed by atoms with Crippen LogP contribution in [-0.4, -0.2) is 53.2 Å². The van der Waals surface area contributed by atoms with Crippen LogP contribution in [-0.2, 0) is 6.54 Å². The number of hydrogen-bond acceptors (Lipinski definition) is 6. The fraction of sp³-hybridized carbons (Fsp3) is 0.276. The molecule has 192 valence electrons. The van der Waals surface area contributed by atoms with Gasteiger partial charge in [-0.1, -0.05) is 36.4 Å². The number of carbonyl (C=O) groups is 1. The normalized spacial score (nSPS) is 15.9. The maximum atomic E-state index is 13.2. The number of pyridine rings is 2. The number of anilines is 1. The highest BCUT2D eigenvalue weighted by Gasteiger charge is 2.25. The Kier molecular flexibility index (Phi) is 6.43. The maximum absolute atomic E-state index is 13.2. The van der Waals surface area contributed by atoms with Crippen LogP contribution in [0.2, 0.25) is 0 Å². The summed E-state index contributed by atoms with van der Waals surface area (Å²) in [5.41, 5.74) is 3.35. The van der Waals surface area contributed by atoms with E-state index in [1.807, 2.05) is 22.8 Å². The van der Waals surface area contributed by atoms with Crippen molar-refractivity contribution >= 4 is 22.6 Å². The lowest BCUT2D eigenvalue weighted by molar-refractivity contribution is 0.102. The van der Waals surface area contributed by atoms with Crippen LogP contribution >= 0.6 is 0 Å². The van der Waals surface area contributed by atoms with E-state index in [0.29, 0.717) is 29.1 Å². The van der Waals surface area contributed by atoms with Crippen molar-refractivity contribution < 1.29 is 4.79 Å². The second-order valence-corrected chi connectivity index (χ2v) is 10.0. The summed E-state index contributed by atoms with van der Waals surface area (Å²) in [5.74, 6) is 0.800. The van der Waals surface area contributed by atoms with E-state index >= 15 is 0 Å². The molecule has 1 aromatic carbocycles. The van der Waals surface area contributed by atoms with Gasteiger partial charge in [-0.15, -0.1) is 10.2 Å². The Morgan fingerprint density at radius 2 is 1.97 bits per heavy atom. The molecule has 0 radical (unpaired) electrons. The lowest BCUT2D eigenvalue weighted by Gasteiger charge is -2.18. The summed E-state index contributed by atoms with van der Waals surface area (Å²) in [4.78, 5) is 24.7. The molecule has 1 N–H and O–H groups in total. The van der Waals surface area contributed by atoms with Gasteiger partial charge in [-0.05, 0) is 50.1 Å². The average molecular weight is 507 g/mol. The monoisotopic (exact) mass is 506 g/mol. The molecule has 5 heterocycles. The van der Waals surface area contributed by atoms with Gasteiger partial charge in [-0.25, -0.2) is 4.98 Å². The van der Waals surface area contributed by atoms with Crippen molar-refractivity contribution in [2.24, 2.45) is 0 Å². The molecule has 0 aliphatic carbocycles. The van der Waals surface area contributed by atoms with Gasteiger partial charge in [0.15, 0.2) is 5.82 Å². The van der Waals surface area contributed by atoms with E-state index in [2.05, 4.69) is 91.4 Å². The lowest BCUT2D eigenvalue weighted by atomic mass is 10.2. The maximum Gasteiger partial charge on any atom is 0.275 e. The fourth-order valence-corrected chi connectivity index (χ4v) is 5.13. The summed E-state index contributed by atoms with van der Waals surface area (Å²) < 4.78 is 4.23. The van der Waals surface area contributed by atoms with Gasteiger partial charge in [-0.3, -0.25) is 14.7 Å². The Balaban J connectivity index is 1.19. The van der Waals surface area contributed by atoms with Gasteiger partial charge < -0.3 is 14.5 Å². The zero-order chi connectivity index (χ0) is 26.1. The third-order valence-corrected chi connectivity index (χ3v) is 7.08. The van der Waals surface area contributed by atoms with Crippen LogP contribution in [0.5, 0.6) is 0 Å². The van der Waals surface area contributed by atoms with Crippen molar-refractivity contribution in [3.05, 3.63) is 90.6 Å². The molecule has 1 saturated heterocycles. The van der Waals surface area contributed by atoms with Crippen LogP contribution in [0.1, 0.15) is 48.4 Å². The van der Waals surface area contributed by atoms with Crippen molar-refractivity contribution in [3.63, 3.8) is 0 Å². The molecule has 1 aliphatic heterocycles. The Morgan fingerprint density at radius 3 is 2.82 bits per heavy atom. The first kappa shape index (κ1) is 24.0. The smallest absolute Gasteiger partial charge is 0.275 e. The largest absolute Gasteiger partial charge is 0.343 e. The molecule has 1 aliphatic rings. The van der Waals surface area contributed by atoms with Crippen LogP contribution in [0.15, 0.2) is 79.4 Å². The van der Waals surface area contributed by atoms with E-state index in [0.717, 1.165) is 37.0 Å². The molecule has 9 nitrogen and oxygen atoms in total. The predicted octanol–water partition coefficient (Wildman–Crippen LogP) is 4.97. The highest BCUT2D eigenvalue weighted by atomic mass is 16.1. The third-order valence-electron chi connectivity index (χ3n) is 7.08. The zero-order valence-electron chi connectivity index (χ0n) is 21.5. The SMILES string of the molecule is CC(C)n1cnnc1-c1cccc(NC(=O)c2cc3c(ccn3C3CCN(Cc4ccccc4)C3)cn2)n1. The standard InChI is InChI=1S/C29H30N8O/c1-20(2)37-19-31-34-28(37)24-9-6-10-27(32-24)33-29(38)25-15-26-22(16-30-25)11-14-36(26)23-12-13-35(18-23)17-21-7-4-3-5-8-21/h3-11,14-16,19-20,23H,12-13,17-18H2,1-2H3,(H,32,33,38). The highest BCUT2D eigenvalue weighted by molar-refractivity contribution is 6.04. The number of likely N-dealkylation sites (tertiary alicyclic amines) is 1. The number of nitrogens with one attached hydrogen (secondary N) is 1. The number of rotatable bonds is 7. The Bertz CT molecular complexity index is 1570. The summed E-state index contributed by atoms with van der Waals surface area (Å²) in [6, 6.07) is 20.5. The summed E-state index contributed by atoms with van der Waals surface area (Å²) >= 11 is 0. The molecular formula is C29H30N8O. The van der Waals surface area contributed by atoms with Crippen molar-refractivity contribution in [2.75, 3.05) is 18.4 Å². The first-order valence-corrected chi connectivity index (χ1v) is 13.0. The van der Waals surface area contributed by atoms with E-state index in [4.69, 9.17) is 0 Å². The number of fused-ring (bicyclic) bond motifs is 1. The quantitative estimate of drug-likeness (QED) is 0.335. The second-order valence-electron chi connectivity index (χ2n) is 10.0. The minimum atomic E-state index is -0.299. The van der Waals surface area contributed by atoms with Gasteiger partial charge in [0.05, 0.1) is 5.52 Å². The molecule has 1 fully saturated rings. The summed E-state index contributed by atoms with van der Waals surface area (Å²) in [6.45, 7) is 7.08. The van der Waals surface area contributed by atoms with Crippen molar-refractivity contribution in [1.29, 1.82) is 0 Å². The number of aromatic nitrogens is 6. The first-order chi connectivity index (χ1) is 18.5. The summed E-state index contributed by atoms with van der Waals surface area (Å²) in [7, 11) is 0. The van der Waals surface area contributed by atoms with E-state index in [9.17, 15) is 4.79 Å². The molecule has 0 saturated carbocycles. The molecular weight excluding hydrogens is 476 g/mol. The van der Waals surface area contributed by atoms with Crippen LogP contribution < -0.4 is 5.32 Å². The molecule has 38 heavy (non-hydrogen) atoms. The second kappa shape index (κ2) is 10.2. The Morgan fingerprint density at radius 1 is 1.11 bits per heavy atom. The summed E-state index contributed by atoms with van der Waals surface area (Å²) in [6.07, 6.45) is 6.64. The summed E-state index contributed by atoms with van der Waals surface area (Å²) in [5, 5.41) is 12.2. The van der Waals surface area contributed by atoms with Gasteiger partial charge in [0.2, 0.25) is 0 Å². The van der Waals surface area contributed by atoms with Gasteiger partial charge in [-0.2, -0.15) is 0 Å². The molecule has 1 amide bonds. The number of carbonyl (C=O) groups excluding carboxylic acids is 1. The van der Waals surface area contributed by atoms with Crippen molar-refractivity contribution in [1.82, 2.24) is 34.2 Å². The van der Waals surface area contributed by atoms with E-state index < -0.39 is 0 Å². The van der Waals surface area contributed by atoms with Crippen molar-refractivity contribution in [3.8, 4) is 11.5 Å². The molecule has 6 rings (SSSR count). The van der Waals surface area contributed by atoms with Gasteiger partial charge in [0.25, 0.3) is 5.91 Å². The number of amides is 1. The minimum absolute atomic E-state index is 0.192. The molecule has 1 unspecified atom stereocenters. The van der Waals surface area contributed by atoms with Gasteiger partial charge >= 0.3 is 0 Å². The van der Waals surface area contributed by atoms with Crippen LogP contribution in [0.25, 0.3) is 22.4 Å². The molecule has 5 aromatic rings. The van der Waals surface area contributed by atoms with E-state index in [-0.39, 0.29) is 11.9 Å². The lowest BCUT2D eigenvalue weighted by Crippen LogP contribution is -2.21. The topological polar surface area (TPSA) is 93.8 Å². The average Bonchev–Trinajstić information content (AvgIpc) is 3.68. The number of benzene rings is 1. The third kappa shape index (κ3) is 4.80. The zero-order valence-corrected chi connectivity index (χ0v) is 21.5.